The molecule has 0 spiro atoms. The van der Waals surface area contributed by atoms with Crippen LogP contribution in [0.5, 0.6) is 0 Å². The molecule has 3 heterocycles. The highest BCUT2D eigenvalue weighted by atomic mass is 16.3. The fraction of sp³-hybridized carbons (Fsp3) is 0.0196. The lowest BCUT2D eigenvalue weighted by atomic mass is 9.96. The Morgan fingerprint density at radius 3 is 1.71 bits per heavy atom. The second-order valence-electron chi connectivity index (χ2n) is 14.2. The monoisotopic (exact) mass is 719 g/mol. The molecule has 2 aromatic heterocycles. The number of benzene rings is 8. The van der Waals surface area contributed by atoms with Gasteiger partial charge in [0, 0.05) is 32.7 Å². The van der Waals surface area contributed by atoms with E-state index in [4.69, 9.17) is 18.8 Å². The van der Waals surface area contributed by atoms with Crippen LogP contribution in [0.15, 0.2) is 207 Å². The van der Waals surface area contributed by atoms with Crippen LogP contribution in [0, 0.1) is 0 Å². The molecule has 1 N–H and O–H groups in total. The van der Waals surface area contributed by atoms with Gasteiger partial charge in [-0.1, -0.05) is 146 Å². The van der Waals surface area contributed by atoms with Crippen LogP contribution in [0.4, 0.5) is 0 Å². The van der Waals surface area contributed by atoms with Crippen molar-refractivity contribution in [3.8, 4) is 33.4 Å². The first-order valence-electron chi connectivity index (χ1n) is 18.8. The lowest BCUT2D eigenvalue weighted by molar-refractivity contribution is 0.668. The molecule has 10 aromatic rings. The smallest absolute Gasteiger partial charge is 0.169 e. The predicted molar refractivity (Wildman–Crippen MR) is 229 cm³/mol. The summed E-state index contributed by atoms with van der Waals surface area (Å²) in [4.78, 5) is 10.3. The summed E-state index contributed by atoms with van der Waals surface area (Å²) in [7, 11) is 0. The van der Waals surface area contributed by atoms with Gasteiger partial charge in [-0.25, -0.2) is 9.98 Å². The number of hydrogen-bond acceptors (Lipinski definition) is 5. The number of nitrogens with one attached hydrogen (secondary N) is 1. The summed E-state index contributed by atoms with van der Waals surface area (Å²) in [5.74, 6) is 1.55. The molecule has 0 saturated carbocycles. The van der Waals surface area contributed by atoms with Crippen molar-refractivity contribution in [2.24, 2.45) is 9.98 Å². The largest absolute Gasteiger partial charge is 0.456 e. The van der Waals surface area contributed by atoms with Gasteiger partial charge in [0.2, 0.25) is 0 Å². The normalized spacial score (nSPS) is 14.2. The van der Waals surface area contributed by atoms with Gasteiger partial charge >= 0.3 is 0 Å². The van der Waals surface area contributed by atoms with Crippen molar-refractivity contribution >= 4 is 55.5 Å². The molecule has 0 aliphatic carbocycles. The van der Waals surface area contributed by atoms with Crippen molar-refractivity contribution in [3.63, 3.8) is 0 Å². The fourth-order valence-electron chi connectivity index (χ4n) is 7.93. The van der Waals surface area contributed by atoms with Crippen LogP contribution in [0.25, 0.3) is 77.3 Å². The van der Waals surface area contributed by atoms with Crippen LogP contribution >= 0.6 is 0 Å². The molecule has 0 bridgehead atoms. The summed E-state index contributed by atoms with van der Waals surface area (Å²) in [6.07, 6.45) is -0.432. The molecule has 5 heteroatoms. The zero-order valence-electron chi connectivity index (χ0n) is 30.2. The molecule has 264 valence electrons. The Balaban J connectivity index is 0.938. The molecule has 8 aromatic carbocycles. The quantitative estimate of drug-likeness (QED) is 0.186. The Morgan fingerprint density at radius 2 is 0.929 bits per heavy atom. The van der Waals surface area contributed by atoms with Gasteiger partial charge < -0.3 is 14.2 Å². The van der Waals surface area contributed by atoms with Crippen molar-refractivity contribution in [2.75, 3.05) is 0 Å². The maximum atomic E-state index is 6.49. The topological polar surface area (TPSA) is 63.0 Å². The first-order valence-corrected chi connectivity index (χ1v) is 18.8. The maximum absolute atomic E-state index is 6.49. The molecule has 1 unspecified atom stereocenters. The molecular formula is C51H33N3O2. The van der Waals surface area contributed by atoms with Gasteiger partial charge in [-0.05, 0) is 81.4 Å². The van der Waals surface area contributed by atoms with Gasteiger partial charge in [-0.15, -0.1) is 0 Å². The Bertz CT molecular complexity index is 3140. The van der Waals surface area contributed by atoms with Crippen molar-refractivity contribution < 1.29 is 8.83 Å². The van der Waals surface area contributed by atoms with Crippen LogP contribution in [0.3, 0.4) is 0 Å². The van der Waals surface area contributed by atoms with Gasteiger partial charge in [-0.2, -0.15) is 0 Å². The highest BCUT2D eigenvalue weighted by Gasteiger charge is 2.22. The van der Waals surface area contributed by atoms with E-state index in [2.05, 4.69) is 145 Å². The highest BCUT2D eigenvalue weighted by Crippen LogP contribution is 2.39. The van der Waals surface area contributed by atoms with Crippen molar-refractivity contribution in [1.29, 1.82) is 0 Å². The molecular weight excluding hydrogens is 687 g/mol. The molecule has 1 atom stereocenters. The summed E-state index contributed by atoms with van der Waals surface area (Å²) in [6, 6.07) is 65.2. The van der Waals surface area contributed by atoms with E-state index < -0.39 is 6.17 Å². The number of para-hydroxylation sites is 1. The van der Waals surface area contributed by atoms with Crippen molar-refractivity contribution in [3.05, 3.63) is 205 Å². The number of nitrogens with zero attached hydrogens (tertiary/aromatic N) is 2. The average Bonchev–Trinajstić information content (AvgIpc) is 3.85. The van der Waals surface area contributed by atoms with Crippen molar-refractivity contribution in [1.82, 2.24) is 5.32 Å². The number of hydrogen-bond donors (Lipinski definition) is 1. The second kappa shape index (κ2) is 13.1. The van der Waals surface area contributed by atoms with E-state index in [-0.39, 0.29) is 0 Å². The zero-order chi connectivity index (χ0) is 37.0. The molecule has 0 saturated heterocycles. The maximum Gasteiger partial charge on any atom is 0.169 e. The third-order valence-corrected chi connectivity index (χ3v) is 10.8. The highest BCUT2D eigenvalue weighted by molar-refractivity contribution is 6.18. The standard InChI is InChI=1S/C51H33N3O2/c1-3-10-32(11-4-1)33-18-20-34(21-19-33)38-26-28-42-47(31-38)56-46-17-9-15-40(48(42)46)35-22-24-37(25-23-35)50-52-49(36-12-5-2-6-13-36)53-51(54-50)39-27-29-45-43(30-39)41-14-7-8-16-44(41)55-45/h1-31,50H,(H,52,53,54). The van der Waals surface area contributed by atoms with E-state index in [1.165, 1.54) is 11.1 Å². The first-order chi connectivity index (χ1) is 27.7. The summed E-state index contributed by atoms with van der Waals surface area (Å²) in [5.41, 5.74) is 13.3. The fourth-order valence-corrected chi connectivity index (χ4v) is 7.93. The minimum absolute atomic E-state index is 0.432. The van der Waals surface area contributed by atoms with Crippen LogP contribution in [0.1, 0.15) is 22.9 Å². The molecule has 5 nitrogen and oxygen atoms in total. The minimum atomic E-state index is -0.432. The van der Waals surface area contributed by atoms with Crippen LogP contribution in [0.2, 0.25) is 0 Å². The Morgan fingerprint density at radius 1 is 0.357 bits per heavy atom. The summed E-state index contributed by atoms with van der Waals surface area (Å²) >= 11 is 0. The molecule has 56 heavy (non-hydrogen) atoms. The molecule has 1 aliphatic heterocycles. The third-order valence-electron chi connectivity index (χ3n) is 10.8. The molecule has 0 fully saturated rings. The second-order valence-corrected chi connectivity index (χ2v) is 14.2. The van der Waals surface area contributed by atoms with E-state index in [1.807, 2.05) is 48.5 Å². The molecule has 1 aliphatic rings. The number of rotatable bonds is 6. The summed E-state index contributed by atoms with van der Waals surface area (Å²) in [6.45, 7) is 0. The lowest BCUT2D eigenvalue weighted by Gasteiger charge is -2.22. The number of aliphatic imine (C=N–C) groups is 2. The first kappa shape index (κ1) is 32.0. The summed E-state index contributed by atoms with van der Waals surface area (Å²) < 4.78 is 12.6. The van der Waals surface area contributed by atoms with Crippen molar-refractivity contribution in [2.45, 2.75) is 6.17 Å². The Hall–Kier alpha value is -7.50. The Labute approximate surface area is 322 Å². The van der Waals surface area contributed by atoms with Gasteiger partial charge in [0.05, 0.1) is 0 Å². The van der Waals surface area contributed by atoms with Gasteiger partial charge in [-0.3, -0.25) is 0 Å². The van der Waals surface area contributed by atoms with Crippen LogP contribution in [-0.2, 0) is 0 Å². The summed E-state index contributed by atoms with van der Waals surface area (Å²) in [5, 5.41) is 7.89. The van der Waals surface area contributed by atoms with Gasteiger partial charge in [0.1, 0.15) is 34.0 Å². The van der Waals surface area contributed by atoms with E-state index in [0.717, 1.165) is 94.5 Å². The van der Waals surface area contributed by atoms with E-state index in [9.17, 15) is 0 Å². The van der Waals surface area contributed by atoms with E-state index >= 15 is 0 Å². The number of fused-ring (bicyclic) bond motifs is 6. The number of amidine groups is 2. The molecule has 0 radical (unpaired) electrons. The third kappa shape index (κ3) is 5.57. The number of furan rings is 2. The Kier molecular flexibility index (Phi) is 7.49. The van der Waals surface area contributed by atoms with Gasteiger partial charge in [0.25, 0.3) is 0 Å². The van der Waals surface area contributed by atoms with E-state index in [0.29, 0.717) is 0 Å². The van der Waals surface area contributed by atoms with Crippen LogP contribution in [-0.4, -0.2) is 11.7 Å². The molecule has 11 rings (SSSR count). The SMILES string of the molecule is c1ccc(C2=NC(c3ccc(-c4cccc5oc6cc(-c7ccc(-c8ccccc8)cc7)ccc6c45)cc3)N=C(c3ccc4oc5ccccc5c4c3)N2)cc1. The molecule has 0 amide bonds. The zero-order valence-corrected chi connectivity index (χ0v) is 30.2. The lowest BCUT2D eigenvalue weighted by Crippen LogP contribution is -2.36. The minimum Gasteiger partial charge on any atom is -0.456 e. The average molecular weight is 720 g/mol. The predicted octanol–water partition coefficient (Wildman–Crippen LogP) is 13.0. The van der Waals surface area contributed by atoms with Crippen LogP contribution < -0.4 is 5.32 Å². The van der Waals surface area contributed by atoms with E-state index in [1.54, 1.807) is 0 Å². The van der Waals surface area contributed by atoms with Gasteiger partial charge in [0.15, 0.2) is 6.17 Å².